The number of rotatable bonds is 3. The molecule has 5 nitrogen and oxygen atoms in total. The molecule has 1 fully saturated rings. The Balaban J connectivity index is 1.33. The van der Waals surface area contributed by atoms with Crippen LogP contribution in [-0.2, 0) is 17.6 Å². The van der Waals surface area contributed by atoms with Gasteiger partial charge in [0.2, 0.25) is 5.91 Å². The van der Waals surface area contributed by atoms with Gasteiger partial charge in [-0.2, -0.15) is 0 Å². The molecule has 0 unspecified atom stereocenters. The van der Waals surface area contributed by atoms with Gasteiger partial charge in [0.1, 0.15) is 5.75 Å². The van der Waals surface area contributed by atoms with Crippen molar-refractivity contribution in [3.05, 3.63) is 51.7 Å². The Kier molecular flexibility index (Phi) is 4.93. The number of piperazine rings is 1. The van der Waals surface area contributed by atoms with Crippen LogP contribution in [0.4, 0.5) is 0 Å². The predicted molar refractivity (Wildman–Crippen MR) is 101 cm³/mol. The lowest BCUT2D eigenvalue weighted by molar-refractivity contribution is -0.131. The van der Waals surface area contributed by atoms with Crippen LogP contribution < -0.4 is 4.74 Å². The second-order valence-electron chi connectivity index (χ2n) is 6.72. The molecule has 26 heavy (non-hydrogen) atoms. The third-order valence-corrected chi connectivity index (χ3v) is 5.84. The Hall–Kier alpha value is -2.34. The van der Waals surface area contributed by atoms with Gasteiger partial charge in [-0.25, -0.2) is 0 Å². The summed E-state index contributed by atoms with van der Waals surface area (Å²) in [5.41, 5.74) is 2.24. The van der Waals surface area contributed by atoms with Crippen LogP contribution in [0.1, 0.15) is 27.2 Å². The Labute approximate surface area is 157 Å². The number of aryl methyl sites for hydroxylation is 1. The van der Waals surface area contributed by atoms with Crippen molar-refractivity contribution in [2.75, 3.05) is 32.8 Å². The number of nitrogens with zero attached hydrogens (tertiary/aromatic N) is 2. The third-order valence-electron chi connectivity index (χ3n) is 4.98. The number of carbonyl (C=O) groups excluding carboxylic acids is 2. The summed E-state index contributed by atoms with van der Waals surface area (Å²) in [7, 11) is 0. The van der Waals surface area contributed by atoms with E-state index in [1.165, 1.54) is 16.9 Å². The normalized spacial score (nSPS) is 16.8. The van der Waals surface area contributed by atoms with Gasteiger partial charge in [0.15, 0.2) is 0 Å². The molecule has 136 valence electrons. The van der Waals surface area contributed by atoms with Crippen molar-refractivity contribution >= 4 is 23.2 Å². The molecule has 1 aromatic carbocycles. The van der Waals surface area contributed by atoms with Gasteiger partial charge in [0, 0.05) is 26.2 Å². The van der Waals surface area contributed by atoms with Gasteiger partial charge >= 0.3 is 0 Å². The summed E-state index contributed by atoms with van der Waals surface area (Å²) in [6.45, 7) is 3.18. The van der Waals surface area contributed by atoms with Crippen LogP contribution in [0, 0.1) is 0 Å². The molecule has 2 aliphatic heterocycles. The smallest absolute Gasteiger partial charge is 0.264 e. The molecular weight excluding hydrogens is 348 g/mol. The number of hydrogen-bond acceptors (Lipinski definition) is 4. The van der Waals surface area contributed by atoms with Crippen LogP contribution in [0.25, 0.3) is 0 Å². The molecular formula is C20H22N2O3S. The average Bonchev–Trinajstić information content (AvgIpc) is 3.22. The first-order valence-corrected chi connectivity index (χ1v) is 9.94. The van der Waals surface area contributed by atoms with E-state index in [0.717, 1.165) is 35.6 Å². The van der Waals surface area contributed by atoms with E-state index < -0.39 is 0 Å². The summed E-state index contributed by atoms with van der Waals surface area (Å²) in [4.78, 5) is 29.5. The molecule has 4 rings (SSSR count). The highest BCUT2D eigenvalue weighted by Gasteiger charge is 2.25. The quantitative estimate of drug-likeness (QED) is 0.834. The van der Waals surface area contributed by atoms with Crippen LogP contribution >= 0.6 is 11.3 Å². The van der Waals surface area contributed by atoms with Gasteiger partial charge in [-0.1, -0.05) is 18.2 Å². The fraction of sp³-hybridized carbons (Fsp3) is 0.400. The zero-order chi connectivity index (χ0) is 17.9. The highest BCUT2D eigenvalue weighted by atomic mass is 32.1. The monoisotopic (exact) mass is 370 g/mol. The lowest BCUT2D eigenvalue weighted by Gasteiger charge is -2.34. The molecule has 2 amide bonds. The first kappa shape index (κ1) is 17.1. The number of thiophene rings is 1. The minimum absolute atomic E-state index is 0.0711. The van der Waals surface area contributed by atoms with E-state index in [1.54, 1.807) is 0 Å². The van der Waals surface area contributed by atoms with Crippen LogP contribution in [0.3, 0.4) is 0 Å². The molecule has 6 heteroatoms. The number of hydrogen-bond donors (Lipinski definition) is 0. The maximum Gasteiger partial charge on any atom is 0.264 e. The van der Waals surface area contributed by atoms with Crippen molar-refractivity contribution < 1.29 is 14.3 Å². The maximum atomic E-state index is 12.6. The summed E-state index contributed by atoms with van der Waals surface area (Å²) < 4.78 is 5.63. The predicted octanol–water partition coefficient (Wildman–Crippen LogP) is 2.60. The number of fused-ring (bicyclic) bond motifs is 1. The molecule has 3 heterocycles. The Morgan fingerprint density at radius 1 is 1.08 bits per heavy atom. The minimum Gasteiger partial charge on any atom is -0.493 e. The zero-order valence-electron chi connectivity index (χ0n) is 14.6. The van der Waals surface area contributed by atoms with E-state index in [1.807, 2.05) is 39.4 Å². The van der Waals surface area contributed by atoms with Gasteiger partial charge in [-0.15, -0.1) is 11.3 Å². The lowest BCUT2D eigenvalue weighted by Crippen LogP contribution is -2.50. The highest BCUT2D eigenvalue weighted by molar-refractivity contribution is 7.12. The Morgan fingerprint density at radius 3 is 2.65 bits per heavy atom. The van der Waals surface area contributed by atoms with E-state index in [-0.39, 0.29) is 11.8 Å². The molecule has 2 aliphatic rings. The van der Waals surface area contributed by atoms with E-state index in [2.05, 4.69) is 6.07 Å². The topological polar surface area (TPSA) is 49.9 Å². The van der Waals surface area contributed by atoms with Gasteiger partial charge in [-0.3, -0.25) is 9.59 Å². The third kappa shape index (κ3) is 3.60. The Bertz CT molecular complexity index is 795. The van der Waals surface area contributed by atoms with Crippen molar-refractivity contribution in [2.45, 2.75) is 19.3 Å². The summed E-state index contributed by atoms with van der Waals surface area (Å²) in [5, 5.41) is 1.91. The highest BCUT2D eigenvalue weighted by Crippen LogP contribution is 2.26. The van der Waals surface area contributed by atoms with Crippen molar-refractivity contribution in [1.29, 1.82) is 0 Å². The molecule has 0 saturated carbocycles. The number of amides is 2. The molecule has 0 radical (unpaired) electrons. The summed E-state index contributed by atoms with van der Waals surface area (Å²) in [6, 6.07) is 9.81. The molecule has 1 saturated heterocycles. The second-order valence-corrected chi connectivity index (χ2v) is 7.67. The zero-order valence-corrected chi connectivity index (χ0v) is 15.5. The first-order valence-electron chi connectivity index (χ1n) is 9.06. The van der Waals surface area contributed by atoms with Crippen LogP contribution in [-0.4, -0.2) is 54.4 Å². The average molecular weight is 370 g/mol. The van der Waals surface area contributed by atoms with Crippen molar-refractivity contribution in [3.63, 3.8) is 0 Å². The van der Waals surface area contributed by atoms with Crippen molar-refractivity contribution in [3.8, 4) is 5.75 Å². The van der Waals surface area contributed by atoms with E-state index >= 15 is 0 Å². The minimum atomic E-state index is 0.0711. The second kappa shape index (κ2) is 7.50. The van der Waals surface area contributed by atoms with E-state index in [4.69, 9.17) is 4.74 Å². The van der Waals surface area contributed by atoms with Crippen LogP contribution in [0.2, 0.25) is 0 Å². The molecule has 0 aliphatic carbocycles. The lowest BCUT2D eigenvalue weighted by atomic mass is 10.0. The molecule has 0 atom stereocenters. The number of carbonyl (C=O) groups is 2. The van der Waals surface area contributed by atoms with Crippen molar-refractivity contribution in [1.82, 2.24) is 9.80 Å². The largest absolute Gasteiger partial charge is 0.493 e. The maximum absolute atomic E-state index is 12.6. The number of ether oxygens (including phenoxy) is 1. The van der Waals surface area contributed by atoms with Crippen molar-refractivity contribution in [2.24, 2.45) is 0 Å². The van der Waals surface area contributed by atoms with Gasteiger partial charge in [0.05, 0.1) is 17.9 Å². The Morgan fingerprint density at radius 2 is 1.88 bits per heavy atom. The van der Waals surface area contributed by atoms with Gasteiger partial charge in [0.25, 0.3) is 5.91 Å². The summed E-state index contributed by atoms with van der Waals surface area (Å²) in [6.07, 6.45) is 2.46. The SMILES string of the molecule is O=C(Cc1ccc2c(c1)CCCO2)N1CCN(C(=O)c2cccs2)CC1. The molecule has 0 spiro atoms. The van der Waals surface area contributed by atoms with E-state index in [0.29, 0.717) is 32.6 Å². The summed E-state index contributed by atoms with van der Waals surface area (Å²) >= 11 is 1.46. The fourth-order valence-corrected chi connectivity index (χ4v) is 4.22. The molecule has 0 N–H and O–H groups in total. The van der Waals surface area contributed by atoms with Crippen LogP contribution in [0.5, 0.6) is 5.75 Å². The van der Waals surface area contributed by atoms with Crippen LogP contribution in [0.15, 0.2) is 35.7 Å². The van der Waals surface area contributed by atoms with E-state index in [9.17, 15) is 9.59 Å². The van der Waals surface area contributed by atoms with Gasteiger partial charge < -0.3 is 14.5 Å². The summed E-state index contributed by atoms with van der Waals surface area (Å²) in [5.74, 6) is 1.15. The number of benzene rings is 1. The fourth-order valence-electron chi connectivity index (χ4n) is 3.53. The van der Waals surface area contributed by atoms with Gasteiger partial charge in [-0.05, 0) is 41.5 Å². The first-order chi connectivity index (χ1) is 12.7. The standard InChI is InChI=1S/C20H22N2O3S/c23-19(14-15-5-6-17-16(13-15)3-1-11-25-17)21-7-9-22(10-8-21)20(24)18-4-2-12-26-18/h2,4-6,12-13H,1,3,7-11,14H2. The molecule has 1 aromatic heterocycles. The molecule has 2 aromatic rings. The molecule has 0 bridgehead atoms.